The maximum atomic E-state index is 11.0. The third-order valence-electron chi connectivity index (χ3n) is 1.92. The summed E-state index contributed by atoms with van der Waals surface area (Å²) < 4.78 is 0. The highest BCUT2D eigenvalue weighted by Gasteiger charge is 2.35. The topological polar surface area (TPSA) is 49.3 Å². The largest absolute Gasteiger partial charge is 0.390 e. The summed E-state index contributed by atoms with van der Waals surface area (Å²) in [6.45, 7) is 4.30. The van der Waals surface area contributed by atoms with Crippen LogP contribution in [0, 0.1) is 11.8 Å². The van der Waals surface area contributed by atoms with Crippen LogP contribution in [-0.4, -0.2) is 23.7 Å². The van der Waals surface area contributed by atoms with Crippen molar-refractivity contribution in [2.75, 3.05) is 6.54 Å². The molecule has 1 amide bonds. The van der Waals surface area contributed by atoms with Gasteiger partial charge in [0.25, 0.3) is 0 Å². The van der Waals surface area contributed by atoms with Crippen LogP contribution in [0.3, 0.4) is 0 Å². The molecule has 0 aromatic rings. The molecule has 0 bridgehead atoms. The molecular weight excluding hydrogens is 130 g/mol. The molecule has 1 rings (SSSR count). The highest BCUT2D eigenvalue weighted by atomic mass is 16.3. The number of hydrogen-bond donors (Lipinski definition) is 2. The van der Waals surface area contributed by atoms with Crippen molar-refractivity contribution < 1.29 is 9.90 Å². The molecule has 2 atom stereocenters. The maximum Gasteiger partial charge on any atom is 0.226 e. The Labute approximate surface area is 60.4 Å². The minimum atomic E-state index is -0.479. The number of nitrogens with one attached hydrogen (secondary N) is 1. The van der Waals surface area contributed by atoms with E-state index in [1.165, 1.54) is 0 Å². The Kier molecular flexibility index (Phi) is 1.94. The van der Waals surface area contributed by atoms with E-state index in [0.29, 0.717) is 6.54 Å². The molecule has 1 heterocycles. The molecule has 3 heteroatoms. The number of carbonyl (C=O) groups is 1. The molecule has 2 N–H and O–H groups in total. The minimum absolute atomic E-state index is 0.0116. The Morgan fingerprint density at radius 2 is 2.30 bits per heavy atom. The summed E-state index contributed by atoms with van der Waals surface area (Å²) in [6.07, 6.45) is -0.479. The van der Waals surface area contributed by atoms with Gasteiger partial charge in [0.05, 0.1) is 12.0 Å². The van der Waals surface area contributed by atoms with Crippen molar-refractivity contribution in [1.82, 2.24) is 5.32 Å². The number of hydrogen-bond acceptors (Lipinski definition) is 2. The van der Waals surface area contributed by atoms with Gasteiger partial charge in [-0.1, -0.05) is 13.8 Å². The van der Waals surface area contributed by atoms with E-state index in [4.69, 9.17) is 0 Å². The van der Waals surface area contributed by atoms with Gasteiger partial charge in [-0.25, -0.2) is 0 Å². The van der Waals surface area contributed by atoms with Gasteiger partial charge in [-0.2, -0.15) is 0 Å². The Balaban J connectivity index is 2.63. The quantitative estimate of drug-likeness (QED) is 0.531. The van der Waals surface area contributed by atoms with Crippen LogP contribution < -0.4 is 5.32 Å². The van der Waals surface area contributed by atoms with E-state index in [2.05, 4.69) is 5.32 Å². The third-order valence-corrected chi connectivity index (χ3v) is 1.92. The van der Waals surface area contributed by atoms with Crippen LogP contribution in [0.25, 0.3) is 0 Å². The molecule has 58 valence electrons. The number of aliphatic hydroxyl groups is 1. The van der Waals surface area contributed by atoms with E-state index >= 15 is 0 Å². The zero-order chi connectivity index (χ0) is 7.72. The fourth-order valence-electron chi connectivity index (χ4n) is 1.37. The smallest absolute Gasteiger partial charge is 0.226 e. The number of rotatable bonds is 1. The lowest BCUT2D eigenvalue weighted by Crippen LogP contribution is -2.26. The normalized spacial score (nSPS) is 33.0. The van der Waals surface area contributed by atoms with Gasteiger partial charge in [-0.15, -0.1) is 0 Å². The van der Waals surface area contributed by atoms with Crippen LogP contribution in [0.5, 0.6) is 0 Å². The van der Waals surface area contributed by atoms with Crippen molar-refractivity contribution in [1.29, 1.82) is 0 Å². The molecule has 1 aliphatic rings. The first-order valence-corrected chi connectivity index (χ1v) is 3.58. The van der Waals surface area contributed by atoms with Crippen LogP contribution in [0.2, 0.25) is 0 Å². The van der Waals surface area contributed by atoms with E-state index in [0.717, 1.165) is 0 Å². The first-order valence-electron chi connectivity index (χ1n) is 3.58. The Hall–Kier alpha value is -0.570. The summed E-state index contributed by atoms with van der Waals surface area (Å²) >= 11 is 0. The van der Waals surface area contributed by atoms with E-state index in [1.54, 1.807) is 0 Å². The van der Waals surface area contributed by atoms with Gasteiger partial charge < -0.3 is 10.4 Å². The lowest BCUT2D eigenvalue weighted by molar-refractivity contribution is -0.124. The predicted molar refractivity (Wildman–Crippen MR) is 37.3 cm³/mol. The molecular formula is C7H13NO2. The number of β-amino-alcohol motifs (C(OH)–C–C–N with tert-alkyl or cyclic N) is 1. The van der Waals surface area contributed by atoms with E-state index in [-0.39, 0.29) is 17.7 Å². The van der Waals surface area contributed by atoms with Crippen molar-refractivity contribution in [2.24, 2.45) is 11.8 Å². The van der Waals surface area contributed by atoms with E-state index < -0.39 is 6.10 Å². The highest BCUT2D eigenvalue weighted by molar-refractivity contribution is 5.81. The van der Waals surface area contributed by atoms with Gasteiger partial charge in [0, 0.05) is 6.54 Å². The summed E-state index contributed by atoms with van der Waals surface area (Å²) in [5, 5.41) is 11.9. The van der Waals surface area contributed by atoms with Gasteiger partial charge in [0.2, 0.25) is 5.91 Å². The monoisotopic (exact) mass is 143 g/mol. The van der Waals surface area contributed by atoms with Gasteiger partial charge in [0.15, 0.2) is 0 Å². The Morgan fingerprint density at radius 1 is 1.70 bits per heavy atom. The van der Waals surface area contributed by atoms with E-state index in [9.17, 15) is 9.90 Å². The fraction of sp³-hybridized carbons (Fsp3) is 0.857. The van der Waals surface area contributed by atoms with Crippen LogP contribution in [0.15, 0.2) is 0 Å². The SMILES string of the molecule is CC(C)[C@H]1C(=O)NC[C@@H]1O. The van der Waals surface area contributed by atoms with Crippen LogP contribution in [0.4, 0.5) is 0 Å². The van der Waals surface area contributed by atoms with E-state index in [1.807, 2.05) is 13.8 Å². The lowest BCUT2D eigenvalue weighted by atomic mass is 9.93. The number of carbonyl (C=O) groups excluding carboxylic acids is 1. The molecule has 10 heavy (non-hydrogen) atoms. The highest BCUT2D eigenvalue weighted by Crippen LogP contribution is 2.19. The molecule has 1 fully saturated rings. The van der Waals surface area contributed by atoms with Gasteiger partial charge in [-0.05, 0) is 5.92 Å². The molecule has 0 aromatic heterocycles. The average Bonchev–Trinajstić information content (AvgIpc) is 2.11. The molecule has 1 aliphatic heterocycles. The van der Waals surface area contributed by atoms with Crippen molar-refractivity contribution in [3.63, 3.8) is 0 Å². The predicted octanol–water partition coefficient (Wildman–Crippen LogP) is -0.251. The second kappa shape index (κ2) is 2.58. The van der Waals surface area contributed by atoms with Crippen molar-refractivity contribution in [2.45, 2.75) is 20.0 Å². The summed E-state index contributed by atoms with van der Waals surface area (Å²) in [5.41, 5.74) is 0. The summed E-state index contributed by atoms with van der Waals surface area (Å²) in [5.74, 6) is 0.0278. The molecule has 0 aromatic carbocycles. The first-order chi connectivity index (χ1) is 4.63. The summed E-state index contributed by atoms with van der Waals surface area (Å²) in [6, 6.07) is 0. The van der Waals surface area contributed by atoms with Gasteiger partial charge in [-0.3, -0.25) is 4.79 Å². The maximum absolute atomic E-state index is 11.0. The molecule has 1 saturated heterocycles. The fourth-order valence-corrected chi connectivity index (χ4v) is 1.37. The molecule has 0 spiro atoms. The van der Waals surface area contributed by atoms with Gasteiger partial charge in [0.1, 0.15) is 0 Å². The Bertz CT molecular complexity index is 145. The first kappa shape index (κ1) is 7.54. The average molecular weight is 143 g/mol. The number of amides is 1. The van der Waals surface area contributed by atoms with Crippen molar-refractivity contribution in [3.8, 4) is 0 Å². The summed E-state index contributed by atoms with van der Waals surface area (Å²) in [7, 11) is 0. The molecule has 3 nitrogen and oxygen atoms in total. The molecule has 0 aliphatic carbocycles. The lowest BCUT2D eigenvalue weighted by Gasteiger charge is -2.14. The molecule has 0 saturated carbocycles. The molecule has 0 unspecified atom stereocenters. The Morgan fingerprint density at radius 3 is 2.50 bits per heavy atom. The van der Waals surface area contributed by atoms with Crippen LogP contribution >= 0.6 is 0 Å². The zero-order valence-corrected chi connectivity index (χ0v) is 6.29. The minimum Gasteiger partial charge on any atom is -0.390 e. The molecule has 0 radical (unpaired) electrons. The standard InChI is InChI=1S/C7H13NO2/c1-4(2)6-5(9)3-8-7(6)10/h4-6,9H,3H2,1-2H3,(H,8,10)/t5-,6+/m0/s1. The second-order valence-electron chi connectivity index (χ2n) is 3.08. The van der Waals surface area contributed by atoms with Crippen LogP contribution in [0.1, 0.15) is 13.8 Å². The summed E-state index contributed by atoms with van der Waals surface area (Å²) in [4.78, 5) is 11.0. The second-order valence-corrected chi connectivity index (χ2v) is 3.08. The number of aliphatic hydroxyl groups excluding tert-OH is 1. The van der Waals surface area contributed by atoms with Crippen molar-refractivity contribution >= 4 is 5.91 Å². The van der Waals surface area contributed by atoms with Crippen LogP contribution in [-0.2, 0) is 4.79 Å². The zero-order valence-electron chi connectivity index (χ0n) is 6.29. The third kappa shape index (κ3) is 1.14. The van der Waals surface area contributed by atoms with Crippen molar-refractivity contribution in [3.05, 3.63) is 0 Å². The van der Waals surface area contributed by atoms with Gasteiger partial charge >= 0.3 is 0 Å².